The van der Waals surface area contributed by atoms with Crippen LogP contribution in [0.25, 0.3) is 33.7 Å². The van der Waals surface area contributed by atoms with Gasteiger partial charge < -0.3 is 0 Å². The number of rotatable bonds is 2. The van der Waals surface area contributed by atoms with Gasteiger partial charge in [0, 0.05) is 16.6 Å². The van der Waals surface area contributed by atoms with Crippen LogP contribution < -0.4 is 0 Å². The smallest absolute Gasteiger partial charge is 0.282 e. The molecule has 1 N–H and O–H groups in total. The van der Waals surface area contributed by atoms with Crippen molar-refractivity contribution in [2.75, 3.05) is 0 Å². The standard InChI is InChI=1S/C19H13F3N4/c1-11-10-16(26-25-11)17-14-4-2-3-5-15(14)23-18(24-17)12-6-8-13(9-7-12)19(20,21)22/h2-10H,1H3,(H,25,26). The van der Waals surface area contributed by atoms with Crippen molar-refractivity contribution in [1.29, 1.82) is 0 Å². The number of aromatic nitrogens is 4. The molecule has 0 aliphatic rings. The van der Waals surface area contributed by atoms with Crippen LogP contribution in [0.3, 0.4) is 0 Å². The molecule has 0 fully saturated rings. The SMILES string of the molecule is Cc1cc(-c2nc(-c3ccc(C(F)(F)F)cc3)nc3ccccc23)n[nH]1. The molecule has 4 aromatic rings. The average molecular weight is 354 g/mol. The number of benzene rings is 2. The molecule has 130 valence electrons. The molecule has 0 atom stereocenters. The van der Waals surface area contributed by atoms with Gasteiger partial charge in [-0.2, -0.15) is 18.3 Å². The molecule has 4 rings (SSSR count). The lowest BCUT2D eigenvalue weighted by atomic mass is 10.1. The van der Waals surface area contributed by atoms with Crippen LogP contribution in [0.5, 0.6) is 0 Å². The molecular formula is C19H13F3N4. The van der Waals surface area contributed by atoms with E-state index in [-0.39, 0.29) is 0 Å². The van der Waals surface area contributed by atoms with Gasteiger partial charge in [0.1, 0.15) is 11.4 Å². The van der Waals surface area contributed by atoms with Crippen LogP contribution in [0, 0.1) is 6.92 Å². The average Bonchev–Trinajstić information content (AvgIpc) is 3.06. The number of aromatic amines is 1. The van der Waals surface area contributed by atoms with Crippen molar-refractivity contribution in [3.63, 3.8) is 0 Å². The highest BCUT2D eigenvalue weighted by atomic mass is 19.4. The van der Waals surface area contributed by atoms with E-state index < -0.39 is 11.7 Å². The minimum Gasteiger partial charge on any atom is -0.282 e. The number of nitrogens with zero attached hydrogens (tertiary/aromatic N) is 3. The van der Waals surface area contributed by atoms with Crippen LogP contribution in [0.4, 0.5) is 13.2 Å². The monoisotopic (exact) mass is 354 g/mol. The lowest BCUT2D eigenvalue weighted by molar-refractivity contribution is -0.137. The number of nitrogens with one attached hydrogen (secondary N) is 1. The zero-order valence-corrected chi connectivity index (χ0v) is 13.7. The van der Waals surface area contributed by atoms with Crippen molar-refractivity contribution in [3.8, 4) is 22.8 Å². The number of alkyl halides is 3. The maximum atomic E-state index is 12.8. The summed E-state index contributed by atoms with van der Waals surface area (Å²) in [6.45, 7) is 1.89. The van der Waals surface area contributed by atoms with Crippen molar-refractivity contribution >= 4 is 10.9 Å². The summed E-state index contributed by atoms with van der Waals surface area (Å²) in [5.41, 5.74) is 2.69. The molecule has 0 saturated heterocycles. The highest BCUT2D eigenvalue weighted by Crippen LogP contribution is 2.32. The lowest BCUT2D eigenvalue weighted by Gasteiger charge is -2.09. The molecular weight excluding hydrogens is 341 g/mol. The summed E-state index contributed by atoms with van der Waals surface area (Å²) in [5.74, 6) is 0.355. The summed E-state index contributed by atoms with van der Waals surface area (Å²) < 4.78 is 38.3. The Labute approximate surface area is 146 Å². The van der Waals surface area contributed by atoms with Crippen LogP contribution in [-0.2, 0) is 6.18 Å². The van der Waals surface area contributed by atoms with Gasteiger partial charge in [-0.3, -0.25) is 5.10 Å². The van der Waals surface area contributed by atoms with Crippen LogP contribution in [0.2, 0.25) is 0 Å². The third kappa shape index (κ3) is 2.92. The van der Waals surface area contributed by atoms with Gasteiger partial charge in [0.2, 0.25) is 0 Å². The van der Waals surface area contributed by atoms with E-state index in [1.165, 1.54) is 12.1 Å². The predicted molar refractivity (Wildman–Crippen MR) is 92.3 cm³/mol. The van der Waals surface area contributed by atoms with Crippen LogP contribution in [0.15, 0.2) is 54.6 Å². The molecule has 0 unspecified atom stereocenters. The van der Waals surface area contributed by atoms with Crippen molar-refractivity contribution < 1.29 is 13.2 Å². The van der Waals surface area contributed by atoms with Crippen molar-refractivity contribution in [1.82, 2.24) is 20.2 Å². The second kappa shape index (κ2) is 5.94. The van der Waals surface area contributed by atoms with E-state index in [9.17, 15) is 13.2 Å². The molecule has 0 bridgehead atoms. The van der Waals surface area contributed by atoms with Crippen molar-refractivity contribution in [2.45, 2.75) is 13.1 Å². The van der Waals surface area contributed by atoms with Gasteiger partial charge >= 0.3 is 6.18 Å². The number of fused-ring (bicyclic) bond motifs is 1. The Morgan fingerprint density at radius 2 is 1.65 bits per heavy atom. The first-order chi connectivity index (χ1) is 12.4. The summed E-state index contributed by atoms with van der Waals surface area (Å²) in [6, 6.07) is 14.2. The molecule has 0 aliphatic carbocycles. The number of aryl methyl sites for hydroxylation is 1. The normalized spacial score (nSPS) is 11.8. The first kappa shape index (κ1) is 16.3. The third-order valence-electron chi connectivity index (χ3n) is 4.02. The first-order valence-electron chi connectivity index (χ1n) is 7.88. The first-order valence-corrected chi connectivity index (χ1v) is 7.88. The molecule has 2 aromatic heterocycles. The largest absolute Gasteiger partial charge is 0.416 e. The maximum absolute atomic E-state index is 12.8. The Bertz CT molecular complexity index is 1080. The summed E-state index contributed by atoms with van der Waals surface area (Å²) >= 11 is 0. The number of hydrogen-bond donors (Lipinski definition) is 1. The van der Waals surface area contributed by atoms with Crippen LogP contribution >= 0.6 is 0 Å². The molecule has 0 saturated carbocycles. The Morgan fingerprint density at radius 3 is 2.31 bits per heavy atom. The topological polar surface area (TPSA) is 54.5 Å². The van der Waals surface area contributed by atoms with Gasteiger partial charge in [-0.25, -0.2) is 9.97 Å². The van der Waals surface area contributed by atoms with E-state index in [2.05, 4.69) is 20.2 Å². The highest BCUT2D eigenvalue weighted by Gasteiger charge is 2.30. The van der Waals surface area contributed by atoms with Gasteiger partial charge in [-0.1, -0.05) is 30.3 Å². The zero-order chi connectivity index (χ0) is 18.3. The lowest BCUT2D eigenvalue weighted by Crippen LogP contribution is -2.04. The van der Waals surface area contributed by atoms with E-state index in [1.807, 2.05) is 37.3 Å². The number of para-hydroxylation sites is 1. The third-order valence-corrected chi connectivity index (χ3v) is 4.02. The molecule has 0 amide bonds. The molecule has 4 nitrogen and oxygen atoms in total. The second-order valence-electron chi connectivity index (χ2n) is 5.92. The van der Waals surface area contributed by atoms with Crippen LogP contribution in [-0.4, -0.2) is 20.2 Å². The van der Waals surface area contributed by atoms with E-state index in [0.29, 0.717) is 28.3 Å². The molecule has 7 heteroatoms. The Morgan fingerprint density at radius 1 is 0.923 bits per heavy atom. The van der Waals surface area contributed by atoms with E-state index in [4.69, 9.17) is 0 Å². The van der Waals surface area contributed by atoms with Crippen LogP contribution in [0.1, 0.15) is 11.3 Å². The molecule has 0 spiro atoms. The molecule has 0 aliphatic heterocycles. The van der Waals surface area contributed by atoms with Gasteiger partial charge in [-0.05, 0) is 31.2 Å². The summed E-state index contributed by atoms with van der Waals surface area (Å²) in [7, 11) is 0. The van der Waals surface area contributed by atoms with Crippen molar-refractivity contribution in [3.05, 3.63) is 65.9 Å². The molecule has 26 heavy (non-hydrogen) atoms. The fourth-order valence-electron chi connectivity index (χ4n) is 2.75. The maximum Gasteiger partial charge on any atom is 0.416 e. The summed E-state index contributed by atoms with van der Waals surface area (Å²) in [4.78, 5) is 9.07. The van der Waals surface area contributed by atoms with Gasteiger partial charge in [0.05, 0.1) is 11.1 Å². The summed E-state index contributed by atoms with van der Waals surface area (Å²) in [6.07, 6.45) is -4.37. The molecule has 0 radical (unpaired) electrons. The Kier molecular flexibility index (Phi) is 3.72. The zero-order valence-electron chi connectivity index (χ0n) is 13.7. The minimum absolute atomic E-state index is 0.355. The fraction of sp³-hybridized carbons (Fsp3) is 0.105. The second-order valence-corrected chi connectivity index (χ2v) is 5.92. The number of H-pyrrole nitrogens is 1. The Balaban J connectivity index is 1.88. The van der Waals surface area contributed by atoms with E-state index in [1.54, 1.807) is 0 Å². The van der Waals surface area contributed by atoms with Crippen molar-refractivity contribution in [2.24, 2.45) is 0 Å². The number of halogens is 3. The summed E-state index contributed by atoms with van der Waals surface area (Å²) in [5, 5.41) is 7.96. The van der Waals surface area contributed by atoms with Gasteiger partial charge in [0.25, 0.3) is 0 Å². The minimum atomic E-state index is -4.37. The predicted octanol–water partition coefficient (Wildman–Crippen LogP) is 5.01. The van der Waals surface area contributed by atoms with E-state index >= 15 is 0 Å². The molecule has 2 heterocycles. The molecule has 2 aromatic carbocycles. The van der Waals surface area contributed by atoms with E-state index in [0.717, 1.165) is 23.2 Å². The highest BCUT2D eigenvalue weighted by molar-refractivity contribution is 5.92. The van der Waals surface area contributed by atoms with Gasteiger partial charge in [-0.15, -0.1) is 0 Å². The quantitative estimate of drug-likeness (QED) is 0.550. The number of hydrogen-bond acceptors (Lipinski definition) is 3. The Hall–Kier alpha value is -3.22. The fourth-order valence-corrected chi connectivity index (χ4v) is 2.75. The van der Waals surface area contributed by atoms with Gasteiger partial charge in [0.15, 0.2) is 5.82 Å².